The van der Waals surface area contributed by atoms with E-state index < -0.39 is 0 Å². The number of amides is 1. The number of para-hydroxylation sites is 1. The third-order valence-electron chi connectivity index (χ3n) is 5.99. The van der Waals surface area contributed by atoms with Gasteiger partial charge in [-0.1, -0.05) is 78.9 Å². The van der Waals surface area contributed by atoms with Crippen molar-refractivity contribution in [3.05, 3.63) is 102 Å². The molecule has 2 nitrogen and oxygen atoms in total. The fraction of sp³-hybridized carbons (Fsp3) is 0.208. The number of hydrogen-bond acceptors (Lipinski definition) is 1. The zero-order chi connectivity index (χ0) is 17.6. The lowest BCUT2D eigenvalue weighted by molar-refractivity contribution is -0.120. The molecule has 2 heteroatoms. The van der Waals surface area contributed by atoms with Crippen molar-refractivity contribution >= 4 is 11.6 Å². The summed E-state index contributed by atoms with van der Waals surface area (Å²) in [5.41, 5.74) is 4.69. The highest BCUT2D eigenvalue weighted by molar-refractivity contribution is 6.00. The Labute approximate surface area is 154 Å². The summed E-state index contributed by atoms with van der Waals surface area (Å²) >= 11 is 0. The molecule has 3 aromatic carbocycles. The first-order valence-electron chi connectivity index (χ1n) is 9.31. The predicted octanol–water partition coefficient (Wildman–Crippen LogP) is 4.58. The van der Waals surface area contributed by atoms with E-state index in [1.807, 2.05) is 23.1 Å². The molecule has 0 bridgehead atoms. The minimum absolute atomic E-state index is 0.0125. The van der Waals surface area contributed by atoms with E-state index >= 15 is 0 Å². The normalized spacial score (nSPS) is 19.8. The summed E-state index contributed by atoms with van der Waals surface area (Å²) in [6.07, 6.45) is 1.84. The highest BCUT2D eigenvalue weighted by atomic mass is 16.2. The molecular weight excluding hydrogens is 318 g/mol. The lowest BCUT2D eigenvalue weighted by Gasteiger charge is -2.22. The van der Waals surface area contributed by atoms with Gasteiger partial charge in [-0.25, -0.2) is 0 Å². The third-order valence-corrected chi connectivity index (χ3v) is 5.99. The van der Waals surface area contributed by atoms with Crippen LogP contribution in [0, 0.1) is 5.92 Å². The van der Waals surface area contributed by atoms with E-state index in [4.69, 9.17) is 0 Å². The Kier molecular flexibility index (Phi) is 3.46. The molecule has 1 atom stereocenters. The van der Waals surface area contributed by atoms with Crippen molar-refractivity contribution in [1.82, 2.24) is 0 Å². The maximum atomic E-state index is 13.5. The van der Waals surface area contributed by atoms with Gasteiger partial charge in [0.2, 0.25) is 5.91 Å². The summed E-state index contributed by atoms with van der Waals surface area (Å²) < 4.78 is 0. The van der Waals surface area contributed by atoms with Gasteiger partial charge in [0.25, 0.3) is 0 Å². The van der Waals surface area contributed by atoms with E-state index in [1.54, 1.807) is 0 Å². The topological polar surface area (TPSA) is 20.3 Å². The number of anilines is 1. The Morgan fingerprint density at radius 1 is 0.808 bits per heavy atom. The van der Waals surface area contributed by atoms with E-state index in [1.165, 1.54) is 16.7 Å². The smallest absolute Gasteiger partial charge is 0.231 e. The minimum Gasteiger partial charge on any atom is -0.312 e. The minimum atomic E-state index is -0.183. The number of nitrogens with zero attached hydrogens (tertiary/aromatic N) is 1. The lowest BCUT2D eigenvalue weighted by atomic mass is 9.85. The van der Waals surface area contributed by atoms with Crippen LogP contribution in [0.4, 0.5) is 5.69 Å². The van der Waals surface area contributed by atoms with Crippen molar-refractivity contribution in [3.8, 4) is 0 Å². The van der Waals surface area contributed by atoms with Crippen LogP contribution in [0.25, 0.3) is 0 Å². The maximum Gasteiger partial charge on any atom is 0.231 e. The standard InChI is InChI=1S/C24H21NO/c26-23(25-16-15-18-9-7-8-14-22(18)25)21-17-24(21,19-10-3-1-4-11-19)20-12-5-2-6-13-20/h1-14,21H,15-17H2/t21-/m0/s1. The van der Waals surface area contributed by atoms with Crippen LogP contribution in [-0.4, -0.2) is 12.5 Å². The average molecular weight is 339 g/mol. The van der Waals surface area contributed by atoms with Crippen LogP contribution in [-0.2, 0) is 16.6 Å². The second kappa shape index (κ2) is 5.84. The molecule has 5 rings (SSSR count). The number of hydrogen-bond donors (Lipinski definition) is 0. The number of carbonyl (C=O) groups excluding carboxylic acids is 1. The first kappa shape index (κ1) is 15.4. The molecule has 1 saturated carbocycles. The van der Waals surface area contributed by atoms with Crippen molar-refractivity contribution in [2.75, 3.05) is 11.4 Å². The van der Waals surface area contributed by atoms with Gasteiger partial charge in [0.05, 0.1) is 5.92 Å². The first-order chi connectivity index (χ1) is 12.8. The molecule has 0 saturated heterocycles. The molecule has 128 valence electrons. The van der Waals surface area contributed by atoms with E-state index in [0.717, 1.165) is 25.1 Å². The van der Waals surface area contributed by atoms with Gasteiger partial charge < -0.3 is 4.90 Å². The van der Waals surface area contributed by atoms with Gasteiger partial charge in [-0.2, -0.15) is 0 Å². The fourth-order valence-electron chi connectivity index (χ4n) is 4.59. The number of benzene rings is 3. The van der Waals surface area contributed by atoms with E-state index in [-0.39, 0.29) is 17.2 Å². The quantitative estimate of drug-likeness (QED) is 0.684. The van der Waals surface area contributed by atoms with E-state index in [0.29, 0.717) is 0 Å². The van der Waals surface area contributed by atoms with E-state index in [9.17, 15) is 4.79 Å². The molecule has 1 heterocycles. The predicted molar refractivity (Wildman–Crippen MR) is 104 cm³/mol. The van der Waals surface area contributed by atoms with Crippen molar-refractivity contribution in [2.24, 2.45) is 5.92 Å². The summed E-state index contributed by atoms with van der Waals surface area (Å²) in [5.74, 6) is 0.279. The van der Waals surface area contributed by atoms with Crippen LogP contribution < -0.4 is 4.90 Å². The molecule has 1 amide bonds. The summed E-state index contributed by atoms with van der Waals surface area (Å²) in [6.45, 7) is 0.800. The summed E-state index contributed by atoms with van der Waals surface area (Å²) in [6, 6.07) is 29.3. The summed E-state index contributed by atoms with van der Waals surface area (Å²) in [7, 11) is 0. The number of carbonyl (C=O) groups is 1. The molecule has 3 aromatic rings. The van der Waals surface area contributed by atoms with Gasteiger partial charge in [0.15, 0.2) is 0 Å². The first-order valence-corrected chi connectivity index (χ1v) is 9.31. The largest absolute Gasteiger partial charge is 0.312 e. The molecule has 0 unspecified atom stereocenters. The molecule has 1 aliphatic carbocycles. The van der Waals surface area contributed by atoms with Crippen LogP contribution in [0.5, 0.6) is 0 Å². The van der Waals surface area contributed by atoms with Crippen LogP contribution in [0.15, 0.2) is 84.9 Å². The van der Waals surface area contributed by atoms with Crippen molar-refractivity contribution in [2.45, 2.75) is 18.3 Å². The van der Waals surface area contributed by atoms with Crippen molar-refractivity contribution in [1.29, 1.82) is 0 Å². The Hall–Kier alpha value is -2.87. The summed E-state index contributed by atoms with van der Waals surface area (Å²) in [5, 5.41) is 0. The van der Waals surface area contributed by atoms with Crippen LogP contribution in [0.1, 0.15) is 23.1 Å². The van der Waals surface area contributed by atoms with Gasteiger partial charge in [-0.3, -0.25) is 4.79 Å². The molecule has 1 fully saturated rings. The molecule has 2 aliphatic rings. The second-order valence-electron chi connectivity index (χ2n) is 7.33. The Morgan fingerprint density at radius 3 is 2.04 bits per heavy atom. The summed E-state index contributed by atoms with van der Waals surface area (Å²) in [4.78, 5) is 15.5. The van der Waals surface area contributed by atoms with Crippen LogP contribution in [0.3, 0.4) is 0 Å². The van der Waals surface area contributed by atoms with Gasteiger partial charge >= 0.3 is 0 Å². The van der Waals surface area contributed by atoms with Gasteiger partial charge in [-0.05, 0) is 35.6 Å². The SMILES string of the molecule is O=C([C@@H]1CC1(c1ccccc1)c1ccccc1)N1CCc2ccccc21. The second-order valence-corrected chi connectivity index (χ2v) is 7.33. The van der Waals surface area contributed by atoms with Gasteiger partial charge in [-0.15, -0.1) is 0 Å². The molecule has 0 spiro atoms. The number of rotatable bonds is 3. The molecular formula is C24H21NO. The van der Waals surface area contributed by atoms with Crippen molar-refractivity contribution < 1.29 is 4.79 Å². The highest BCUT2D eigenvalue weighted by Gasteiger charge is 2.61. The Balaban J connectivity index is 1.53. The Bertz CT molecular complexity index is 909. The molecule has 0 aromatic heterocycles. The van der Waals surface area contributed by atoms with Crippen LogP contribution >= 0.6 is 0 Å². The molecule has 26 heavy (non-hydrogen) atoms. The van der Waals surface area contributed by atoms with Gasteiger partial charge in [0, 0.05) is 17.6 Å². The van der Waals surface area contributed by atoms with Gasteiger partial charge in [0.1, 0.15) is 0 Å². The van der Waals surface area contributed by atoms with E-state index in [2.05, 4.69) is 66.7 Å². The van der Waals surface area contributed by atoms with Crippen molar-refractivity contribution in [3.63, 3.8) is 0 Å². The maximum absolute atomic E-state index is 13.5. The molecule has 0 N–H and O–H groups in total. The fourth-order valence-corrected chi connectivity index (χ4v) is 4.59. The Morgan fingerprint density at radius 2 is 1.38 bits per heavy atom. The zero-order valence-electron chi connectivity index (χ0n) is 14.6. The zero-order valence-corrected chi connectivity index (χ0v) is 14.6. The lowest BCUT2D eigenvalue weighted by Crippen LogP contribution is -2.33. The third kappa shape index (κ3) is 2.22. The monoisotopic (exact) mass is 339 g/mol. The van der Waals surface area contributed by atoms with Crippen LogP contribution in [0.2, 0.25) is 0 Å². The highest BCUT2D eigenvalue weighted by Crippen LogP contribution is 2.59. The molecule has 1 aliphatic heterocycles. The molecule has 0 radical (unpaired) electrons. The number of fused-ring (bicyclic) bond motifs is 1. The average Bonchev–Trinajstić information content (AvgIpc) is 3.34.